The van der Waals surface area contributed by atoms with Gasteiger partial charge in [-0.1, -0.05) is 0 Å². The summed E-state index contributed by atoms with van der Waals surface area (Å²) in [5, 5.41) is 0. The molecule has 0 fully saturated rings. The Morgan fingerprint density at radius 3 is 1.00 bits per heavy atom. The molecule has 4 nitrogen and oxygen atoms in total. The fraction of sp³-hybridized carbons (Fsp3) is 0. The van der Waals surface area contributed by atoms with Gasteiger partial charge in [0.2, 0.25) is 0 Å². The maximum Gasteiger partial charge on any atom is 4.00 e. The van der Waals surface area contributed by atoms with E-state index in [0.717, 1.165) is 0 Å². The molecule has 0 aromatic carbocycles. The van der Waals surface area contributed by atoms with Crippen LogP contribution in [0.5, 0.6) is 0 Å². The summed E-state index contributed by atoms with van der Waals surface area (Å²) in [5.41, 5.74) is 0. The molecule has 0 rings (SSSR count). The van der Waals surface area contributed by atoms with Crippen molar-refractivity contribution in [2.45, 2.75) is 0 Å². The van der Waals surface area contributed by atoms with Gasteiger partial charge < -0.3 is 11.0 Å². The largest absolute Gasteiger partial charge is 4.00 e. The van der Waals surface area contributed by atoms with E-state index in [0.29, 0.717) is 0 Å². The average molecular weight is 147 g/mol. The molecule has 0 aliphatic carbocycles. The van der Waals surface area contributed by atoms with Crippen molar-refractivity contribution in [1.82, 2.24) is 0 Å². The van der Waals surface area contributed by atoms with E-state index >= 15 is 0 Å². The Morgan fingerprint density at radius 1 is 1.00 bits per heavy atom. The van der Waals surface area contributed by atoms with Crippen LogP contribution in [0, 0.1) is 0 Å². The van der Waals surface area contributed by atoms with Gasteiger partial charge in [-0.25, -0.2) is 9.13 Å². The Balaban J connectivity index is -0.00000000667. The maximum absolute atomic E-state index is 8.40. The molecule has 0 heterocycles. The predicted octanol–water partition coefficient (Wildman–Crippen LogP) is 0.116. The minimum atomic E-state index is -1.42. The molecular weight excluding hydrogens is 146 g/mol. The summed E-state index contributed by atoms with van der Waals surface area (Å²) >= 11 is 0. The molecule has 35 valence electrons. The van der Waals surface area contributed by atoms with Crippen molar-refractivity contribution in [3.05, 3.63) is 0 Å². The molecule has 0 unspecified atom stereocenters. The van der Waals surface area contributed by atoms with E-state index in [4.69, 9.17) is 9.13 Å². The number of hydrogen-bond donors (Lipinski definition) is 0. The Bertz CT molecular complexity index is 28.5. The smallest absolute Gasteiger partial charge is 2.00 e. The first-order chi connectivity index (χ1) is 1.41. The zero-order valence-corrected chi connectivity index (χ0v) is 4.98. The van der Waals surface area contributed by atoms with Crippen molar-refractivity contribution in [1.29, 1.82) is 0 Å². The second-order valence-corrected chi connectivity index (χ2v) is 0.250. The summed E-state index contributed by atoms with van der Waals surface area (Å²) in [4.78, 5) is 0. The van der Waals surface area contributed by atoms with Crippen LogP contribution in [-0.2, 0) is 38.6 Å². The minimum absolute atomic E-state index is 0. The van der Waals surface area contributed by atoms with Crippen molar-refractivity contribution in [2.75, 3.05) is 0 Å². The Hall–Kier alpha value is 0.404. The quantitative estimate of drug-likeness (QED) is 0.455. The van der Waals surface area contributed by atoms with Crippen LogP contribution in [0.4, 0.5) is 0 Å². The fourth-order valence-electron chi connectivity index (χ4n) is 0. The normalized spacial score (nSPS) is 2.00. The molecule has 0 aliphatic heterocycles. The zero-order valence-electron chi connectivity index (χ0n) is 2.58. The third kappa shape index (κ3) is 312. The van der Waals surface area contributed by atoms with Gasteiger partial charge in [-0.3, -0.25) is 0 Å². The Labute approximate surface area is 47.7 Å². The molecule has 0 spiro atoms. The zero-order chi connectivity index (χ0) is 2.71. The summed E-state index contributed by atoms with van der Waals surface area (Å²) in [6.45, 7) is 0. The van der Waals surface area contributed by atoms with E-state index in [9.17, 15) is 0 Å². The van der Waals surface area contributed by atoms with E-state index in [1.807, 2.05) is 0 Å². The van der Waals surface area contributed by atoms with Gasteiger partial charge in [0.1, 0.15) is 0 Å². The van der Waals surface area contributed by atoms with Gasteiger partial charge in [-0.05, 0) is 0 Å². The van der Waals surface area contributed by atoms with E-state index in [-0.39, 0.29) is 29.5 Å². The molecule has 0 saturated carbocycles. The molecule has 0 aromatic heterocycles. The SMILES string of the molecule is O=[PH]=O.[O-2].[O-2].[V+4]. The minimum Gasteiger partial charge on any atom is -2.00 e. The van der Waals surface area contributed by atoms with Gasteiger partial charge in [0.15, 0.2) is 0 Å². The second kappa shape index (κ2) is 53.2. The maximum atomic E-state index is 8.40. The topological polar surface area (TPSA) is 91.1 Å². The molecule has 6 heteroatoms. The fourth-order valence-corrected chi connectivity index (χ4v) is 0. The molecule has 0 amide bonds. The Kier molecular flexibility index (Phi) is 287. The summed E-state index contributed by atoms with van der Waals surface area (Å²) in [5.74, 6) is 0. The van der Waals surface area contributed by atoms with Crippen LogP contribution in [0.2, 0.25) is 0 Å². The van der Waals surface area contributed by atoms with Crippen LogP contribution in [0.1, 0.15) is 0 Å². The third-order valence-electron chi connectivity index (χ3n) is 0. The first-order valence-electron chi connectivity index (χ1n) is 0.408. The summed E-state index contributed by atoms with van der Waals surface area (Å²) in [6.07, 6.45) is 0. The van der Waals surface area contributed by atoms with Gasteiger partial charge in [0, 0.05) is 0 Å². The summed E-state index contributed by atoms with van der Waals surface area (Å²) in [6, 6.07) is 0. The first-order valence-corrected chi connectivity index (χ1v) is 1.22. The van der Waals surface area contributed by atoms with Crippen molar-refractivity contribution >= 4 is 8.34 Å². The van der Waals surface area contributed by atoms with Gasteiger partial charge in [0.05, 0.1) is 0 Å². The van der Waals surface area contributed by atoms with E-state index in [1.165, 1.54) is 0 Å². The average Bonchev–Trinajstić information content (AvgIpc) is 0.918. The number of hydrogen-bond acceptors (Lipinski definition) is 2. The molecule has 0 atom stereocenters. The van der Waals surface area contributed by atoms with E-state index in [1.54, 1.807) is 0 Å². The molecule has 0 bridgehead atoms. The molecule has 0 N–H and O–H groups in total. The van der Waals surface area contributed by atoms with Gasteiger partial charge in [0.25, 0.3) is 0 Å². The van der Waals surface area contributed by atoms with Crippen LogP contribution in [-0.4, -0.2) is 0 Å². The van der Waals surface area contributed by atoms with Gasteiger partial charge >= 0.3 is 26.9 Å². The van der Waals surface area contributed by atoms with Crippen molar-refractivity contribution in [3.63, 3.8) is 0 Å². The number of rotatable bonds is 0. The van der Waals surface area contributed by atoms with Crippen LogP contribution < -0.4 is 0 Å². The first kappa shape index (κ1) is 32.4. The molecule has 6 heavy (non-hydrogen) atoms. The molecule has 1 radical (unpaired) electrons. The standard InChI is InChI=1S/HO2P.2O.V/c1-3-2;;;/h3H;;;/q;2*-2;+4. The van der Waals surface area contributed by atoms with Crippen LogP contribution >= 0.6 is 8.34 Å². The monoisotopic (exact) mass is 147 g/mol. The summed E-state index contributed by atoms with van der Waals surface area (Å²) in [7, 11) is -1.42. The predicted molar refractivity (Wildman–Crippen MR) is 11.1 cm³/mol. The van der Waals surface area contributed by atoms with Crippen molar-refractivity contribution < 1.29 is 38.6 Å². The van der Waals surface area contributed by atoms with E-state index in [2.05, 4.69) is 0 Å². The molecule has 0 aromatic rings. The van der Waals surface area contributed by atoms with Crippen LogP contribution in [0.3, 0.4) is 0 Å². The molecule has 0 aliphatic rings. The third-order valence-corrected chi connectivity index (χ3v) is 0. The van der Waals surface area contributed by atoms with E-state index < -0.39 is 8.34 Å². The summed E-state index contributed by atoms with van der Waals surface area (Å²) < 4.78 is 16.8. The van der Waals surface area contributed by atoms with Crippen molar-refractivity contribution in [3.8, 4) is 0 Å². The molecule has 0 saturated heterocycles. The van der Waals surface area contributed by atoms with Gasteiger partial charge in [-0.2, -0.15) is 0 Å². The van der Waals surface area contributed by atoms with Crippen LogP contribution in [0.15, 0.2) is 0 Å². The van der Waals surface area contributed by atoms with Crippen LogP contribution in [0.25, 0.3) is 0 Å². The van der Waals surface area contributed by atoms with Crippen molar-refractivity contribution in [2.24, 2.45) is 0 Å². The molecular formula is HO4PV. The van der Waals surface area contributed by atoms with Gasteiger partial charge in [-0.15, -0.1) is 0 Å². The second-order valence-electron chi connectivity index (χ2n) is 0.0833. The Morgan fingerprint density at radius 2 is 1.00 bits per heavy atom.